The van der Waals surface area contributed by atoms with Gasteiger partial charge >= 0.3 is 0 Å². The van der Waals surface area contributed by atoms with E-state index in [1.807, 2.05) is 6.92 Å². The lowest BCUT2D eigenvalue weighted by atomic mass is 9.85. The molecule has 20 heavy (non-hydrogen) atoms. The van der Waals surface area contributed by atoms with Gasteiger partial charge in [-0.1, -0.05) is 0 Å². The standard InChI is InChI=1S/C16H25N3O/c1-10-14-8-12(9-17-13-5-6-13)4-7-15(14)19-16(18-10)11(2)20-3/h11-13,17H,4-9H2,1-3H3. The lowest BCUT2D eigenvalue weighted by Gasteiger charge is -2.26. The Bertz CT molecular complexity index is 485. The highest BCUT2D eigenvalue weighted by molar-refractivity contribution is 5.28. The van der Waals surface area contributed by atoms with Crippen molar-refractivity contribution in [3.63, 3.8) is 0 Å². The van der Waals surface area contributed by atoms with Gasteiger partial charge in [-0.05, 0) is 64.0 Å². The van der Waals surface area contributed by atoms with Gasteiger partial charge in [0, 0.05) is 24.5 Å². The summed E-state index contributed by atoms with van der Waals surface area (Å²) < 4.78 is 5.34. The van der Waals surface area contributed by atoms with E-state index in [-0.39, 0.29) is 6.10 Å². The highest BCUT2D eigenvalue weighted by Crippen LogP contribution is 2.28. The van der Waals surface area contributed by atoms with Crippen LogP contribution in [0, 0.1) is 12.8 Å². The Morgan fingerprint density at radius 1 is 1.30 bits per heavy atom. The highest BCUT2D eigenvalue weighted by atomic mass is 16.5. The number of hydrogen-bond donors (Lipinski definition) is 1. The number of aryl methyl sites for hydroxylation is 2. The summed E-state index contributed by atoms with van der Waals surface area (Å²) >= 11 is 0. The van der Waals surface area contributed by atoms with Crippen LogP contribution in [0.5, 0.6) is 0 Å². The van der Waals surface area contributed by atoms with Crippen molar-refractivity contribution in [1.29, 1.82) is 0 Å². The Morgan fingerprint density at radius 2 is 2.10 bits per heavy atom. The van der Waals surface area contributed by atoms with Crippen LogP contribution in [0.2, 0.25) is 0 Å². The van der Waals surface area contributed by atoms with Gasteiger partial charge in [0.1, 0.15) is 6.10 Å². The molecular weight excluding hydrogens is 250 g/mol. The number of hydrogen-bond acceptors (Lipinski definition) is 4. The molecule has 2 unspecified atom stereocenters. The molecule has 2 aliphatic carbocycles. The number of fused-ring (bicyclic) bond motifs is 1. The van der Waals surface area contributed by atoms with E-state index in [4.69, 9.17) is 9.72 Å². The normalized spacial score (nSPS) is 23.4. The molecule has 0 aromatic carbocycles. The van der Waals surface area contributed by atoms with Crippen LogP contribution >= 0.6 is 0 Å². The number of ether oxygens (including phenoxy) is 1. The van der Waals surface area contributed by atoms with Crippen molar-refractivity contribution in [2.24, 2.45) is 5.92 Å². The predicted molar refractivity (Wildman–Crippen MR) is 78.7 cm³/mol. The van der Waals surface area contributed by atoms with Gasteiger partial charge < -0.3 is 10.1 Å². The van der Waals surface area contributed by atoms with Crippen LogP contribution in [0.3, 0.4) is 0 Å². The van der Waals surface area contributed by atoms with E-state index in [0.29, 0.717) is 0 Å². The van der Waals surface area contributed by atoms with E-state index in [2.05, 4.69) is 17.2 Å². The maximum Gasteiger partial charge on any atom is 0.157 e. The van der Waals surface area contributed by atoms with Crippen LogP contribution in [0.4, 0.5) is 0 Å². The molecule has 3 rings (SSSR count). The van der Waals surface area contributed by atoms with Crippen molar-refractivity contribution in [2.75, 3.05) is 13.7 Å². The second-order valence-electron chi connectivity index (χ2n) is 6.26. The second-order valence-corrected chi connectivity index (χ2v) is 6.26. The number of rotatable bonds is 5. The van der Waals surface area contributed by atoms with Crippen molar-refractivity contribution >= 4 is 0 Å². The van der Waals surface area contributed by atoms with Gasteiger partial charge in [-0.15, -0.1) is 0 Å². The van der Waals surface area contributed by atoms with Crippen LogP contribution in [0.15, 0.2) is 0 Å². The Hall–Kier alpha value is -1.00. The van der Waals surface area contributed by atoms with Crippen molar-refractivity contribution in [2.45, 2.75) is 58.1 Å². The Labute approximate surface area is 121 Å². The van der Waals surface area contributed by atoms with E-state index in [0.717, 1.165) is 42.9 Å². The molecule has 1 saturated carbocycles. The van der Waals surface area contributed by atoms with Crippen LogP contribution in [0.1, 0.15) is 55.1 Å². The van der Waals surface area contributed by atoms with Crippen molar-refractivity contribution in [3.8, 4) is 0 Å². The van der Waals surface area contributed by atoms with E-state index in [9.17, 15) is 0 Å². The summed E-state index contributed by atoms with van der Waals surface area (Å²) in [5.41, 5.74) is 3.77. The minimum atomic E-state index is -0.0201. The van der Waals surface area contributed by atoms with Gasteiger partial charge in [-0.2, -0.15) is 0 Å². The molecule has 2 atom stereocenters. The summed E-state index contributed by atoms with van der Waals surface area (Å²) in [5.74, 6) is 1.58. The molecule has 2 aliphatic rings. The smallest absolute Gasteiger partial charge is 0.157 e. The summed E-state index contributed by atoms with van der Waals surface area (Å²) in [6.45, 7) is 5.27. The molecule has 1 heterocycles. The van der Waals surface area contributed by atoms with Crippen LogP contribution in [-0.4, -0.2) is 29.7 Å². The molecule has 110 valence electrons. The summed E-state index contributed by atoms with van der Waals surface area (Å²) in [6, 6.07) is 0.804. The molecule has 0 amide bonds. The van der Waals surface area contributed by atoms with Gasteiger partial charge in [0.15, 0.2) is 5.82 Å². The Kier molecular flexibility index (Phi) is 4.03. The maximum absolute atomic E-state index is 5.34. The maximum atomic E-state index is 5.34. The quantitative estimate of drug-likeness (QED) is 0.896. The fourth-order valence-corrected chi connectivity index (χ4v) is 2.96. The zero-order valence-electron chi connectivity index (χ0n) is 12.8. The molecule has 0 radical (unpaired) electrons. The van der Waals surface area contributed by atoms with Gasteiger partial charge in [0.2, 0.25) is 0 Å². The van der Waals surface area contributed by atoms with Gasteiger partial charge in [0.05, 0.1) is 0 Å². The number of aromatic nitrogens is 2. The summed E-state index contributed by atoms with van der Waals surface area (Å²) in [5, 5.41) is 3.65. The molecule has 1 aromatic heterocycles. The van der Waals surface area contributed by atoms with Gasteiger partial charge in [0.25, 0.3) is 0 Å². The van der Waals surface area contributed by atoms with Crippen molar-refractivity contribution in [1.82, 2.24) is 15.3 Å². The second kappa shape index (κ2) is 5.78. The molecule has 1 N–H and O–H groups in total. The third kappa shape index (κ3) is 3.01. The van der Waals surface area contributed by atoms with Crippen LogP contribution < -0.4 is 5.32 Å². The number of nitrogens with one attached hydrogen (secondary N) is 1. The average Bonchev–Trinajstić information content (AvgIpc) is 3.28. The first-order chi connectivity index (χ1) is 9.67. The minimum absolute atomic E-state index is 0.0201. The third-order valence-electron chi connectivity index (χ3n) is 4.59. The van der Waals surface area contributed by atoms with Crippen molar-refractivity contribution < 1.29 is 4.74 Å². The van der Waals surface area contributed by atoms with Gasteiger partial charge in [-0.3, -0.25) is 0 Å². The van der Waals surface area contributed by atoms with E-state index in [1.165, 1.54) is 30.5 Å². The van der Waals surface area contributed by atoms with E-state index < -0.39 is 0 Å². The molecule has 1 aromatic rings. The molecule has 4 nitrogen and oxygen atoms in total. The third-order valence-corrected chi connectivity index (χ3v) is 4.59. The molecular formula is C16H25N3O. The SMILES string of the molecule is COC(C)c1nc(C)c2c(n1)CCC(CNC1CC1)C2. The zero-order valence-corrected chi connectivity index (χ0v) is 12.8. The zero-order chi connectivity index (χ0) is 14.1. The lowest BCUT2D eigenvalue weighted by molar-refractivity contribution is 0.111. The molecule has 1 fully saturated rings. The number of nitrogens with zero attached hydrogens (tertiary/aromatic N) is 2. The molecule has 0 spiro atoms. The fraction of sp³-hybridized carbons (Fsp3) is 0.750. The first-order valence-corrected chi connectivity index (χ1v) is 7.79. The first-order valence-electron chi connectivity index (χ1n) is 7.79. The summed E-state index contributed by atoms with van der Waals surface area (Å²) in [6.07, 6.45) is 6.16. The largest absolute Gasteiger partial charge is 0.374 e. The highest BCUT2D eigenvalue weighted by Gasteiger charge is 2.26. The summed E-state index contributed by atoms with van der Waals surface area (Å²) in [7, 11) is 1.71. The number of methoxy groups -OCH3 is 1. The Balaban J connectivity index is 1.72. The average molecular weight is 275 g/mol. The fourth-order valence-electron chi connectivity index (χ4n) is 2.96. The monoisotopic (exact) mass is 275 g/mol. The van der Waals surface area contributed by atoms with E-state index >= 15 is 0 Å². The van der Waals surface area contributed by atoms with Gasteiger partial charge in [-0.25, -0.2) is 9.97 Å². The minimum Gasteiger partial charge on any atom is -0.374 e. The van der Waals surface area contributed by atoms with Crippen molar-refractivity contribution in [3.05, 3.63) is 22.8 Å². The van der Waals surface area contributed by atoms with Crippen LogP contribution in [-0.2, 0) is 17.6 Å². The molecule has 0 bridgehead atoms. The van der Waals surface area contributed by atoms with Crippen LogP contribution in [0.25, 0.3) is 0 Å². The lowest BCUT2D eigenvalue weighted by Crippen LogP contribution is -2.30. The molecule has 4 heteroatoms. The predicted octanol–water partition coefficient (Wildman–Crippen LogP) is 2.35. The Morgan fingerprint density at radius 3 is 2.80 bits per heavy atom. The topological polar surface area (TPSA) is 47.0 Å². The molecule has 0 aliphatic heterocycles. The molecule has 0 saturated heterocycles. The first kappa shape index (κ1) is 14.0. The summed E-state index contributed by atoms with van der Waals surface area (Å²) in [4.78, 5) is 9.37. The van der Waals surface area contributed by atoms with E-state index in [1.54, 1.807) is 7.11 Å².